The Kier molecular flexibility index (Phi) is 13.9. The van der Waals surface area contributed by atoms with Gasteiger partial charge in [0, 0.05) is 57.8 Å². The van der Waals surface area contributed by atoms with Crippen molar-refractivity contribution in [3.63, 3.8) is 0 Å². The van der Waals surface area contributed by atoms with Crippen LogP contribution in [0.3, 0.4) is 0 Å². The molecule has 8 nitrogen and oxygen atoms in total. The van der Waals surface area contributed by atoms with Crippen LogP contribution >= 0.6 is 0 Å². The van der Waals surface area contributed by atoms with Gasteiger partial charge in [-0.15, -0.1) is 0 Å². The molecule has 1 heterocycles. The van der Waals surface area contributed by atoms with Crippen LogP contribution < -0.4 is 10.6 Å². The number of hydrogen-bond acceptors (Lipinski definition) is 4. The van der Waals surface area contributed by atoms with Gasteiger partial charge in [-0.1, -0.05) is 12.8 Å². The summed E-state index contributed by atoms with van der Waals surface area (Å²) in [5, 5.41) is 5.96. The summed E-state index contributed by atoms with van der Waals surface area (Å²) in [6, 6.07) is 1.18. The number of unbranched alkanes of at least 4 members (excludes halogenated alkanes) is 3. The Morgan fingerprint density at radius 2 is 1.48 bits per heavy atom. The van der Waals surface area contributed by atoms with Crippen LogP contribution in [0, 0.1) is 0 Å². The SMILES string of the molecule is CCN(CCC=O)C(=O)NCCCCCCNC(=O)N(CC)CCC1CCC(C)N1C. The second-order valence-corrected chi connectivity index (χ2v) is 8.53. The topological polar surface area (TPSA) is 85.0 Å². The first-order valence-corrected chi connectivity index (χ1v) is 12.2. The van der Waals surface area contributed by atoms with Gasteiger partial charge in [-0.3, -0.25) is 0 Å². The zero-order valence-electron chi connectivity index (χ0n) is 20.2. The molecule has 0 bridgehead atoms. The second-order valence-electron chi connectivity index (χ2n) is 8.53. The summed E-state index contributed by atoms with van der Waals surface area (Å²) in [4.78, 5) is 40.9. The number of likely N-dealkylation sites (tertiary alicyclic amines) is 1. The molecule has 1 aliphatic rings. The number of aldehydes is 1. The lowest BCUT2D eigenvalue weighted by Crippen LogP contribution is -2.42. The molecule has 0 aliphatic carbocycles. The Bertz CT molecular complexity index is 531. The van der Waals surface area contributed by atoms with Crippen LogP contribution in [-0.4, -0.2) is 91.4 Å². The number of rotatable bonds is 15. The van der Waals surface area contributed by atoms with Crippen molar-refractivity contribution in [2.45, 2.75) is 84.2 Å². The van der Waals surface area contributed by atoms with Gasteiger partial charge in [0.05, 0.1) is 0 Å². The van der Waals surface area contributed by atoms with Gasteiger partial charge in [-0.05, 0) is 59.9 Å². The Hall–Kier alpha value is -1.83. The van der Waals surface area contributed by atoms with E-state index in [2.05, 4.69) is 29.5 Å². The summed E-state index contributed by atoms with van der Waals surface area (Å²) in [6.45, 7) is 10.2. The maximum atomic E-state index is 12.4. The highest BCUT2D eigenvalue weighted by molar-refractivity contribution is 5.74. The Morgan fingerprint density at radius 3 is 1.94 bits per heavy atom. The van der Waals surface area contributed by atoms with E-state index in [1.807, 2.05) is 18.7 Å². The lowest BCUT2D eigenvalue weighted by atomic mass is 10.1. The lowest BCUT2D eigenvalue weighted by Gasteiger charge is -2.27. The zero-order valence-corrected chi connectivity index (χ0v) is 20.2. The highest BCUT2D eigenvalue weighted by atomic mass is 16.2. The van der Waals surface area contributed by atoms with Crippen molar-refractivity contribution in [1.29, 1.82) is 0 Å². The Balaban J connectivity index is 2.08. The first-order valence-electron chi connectivity index (χ1n) is 12.2. The average Bonchev–Trinajstić information content (AvgIpc) is 3.08. The minimum absolute atomic E-state index is 0.0402. The number of nitrogens with zero attached hydrogens (tertiary/aromatic N) is 3. The van der Waals surface area contributed by atoms with Crippen LogP contribution in [0.5, 0.6) is 0 Å². The van der Waals surface area contributed by atoms with E-state index < -0.39 is 0 Å². The standard InChI is InChI=1S/C23H45N5O3/c1-5-27(17-11-19-29)22(30)24-15-9-7-8-10-16-25-23(31)28(6-2)18-14-21-13-12-20(3)26(21)4/h19-21H,5-18H2,1-4H3,(H,24,30)(H,25,31). The van der Waals surface area contributed by atoms with E-state index in [0.29, 0.717) is 44.7 Å². The summed E-state index contributed by atoms with van der Waals surface area (Å²) in [5.41, 5.74) is 0. The molecule has 1 aliphatic heterocycles. The summed E-state index contributed by atoms with van der Waals surface area (Å²) in [6.07, 6.45) is 8.63. The zero-order chi connectivity index (χ0) is 23.1. The predicted octanol–water partition coefficient (Wildman–Crippen LogP) is 3.07. The first kappa shape index (κ1) is 27.2. The lowest BCUT2D eigenvalue weighted by molar-refractivity contribution is -0.108. The van der Waals surface area contributed by atoms with Crippen LogP contribution in [0.25, 0.3) is 0 Å². The van der Waals surface area contributed by atoms with Crippen LogP contribution in [0.1, 0.15) is 72.1 Å². The maximum Gasteiger partial charge on any atom is 0.317 e. The Morgan fingerprint density at radius 1 is 0.935 bits per heavy atom. The third-order valence-electron chi connectivity index (χ3n) is 6.43. The normalized spacial score (nSPS) is 18.6. The molecule has 31 heavy (non-hydrogen) atoms. The maximum absolute atomic E-state index is 12.4. The summed E-state index contributed by atoms with van der Waals surface area (Å²) in [5.74, 6) is 0. The van der Waals surface area contributed by atoms with Crippen molar-refractivity contribution in [3.05, 3.63) is 0 Å². The van der Waals surface area contributed by atoms with Gasteiger partial charge in [0.25, 0.3) is 0 Å². The molecule has 1 rings (SSSR count). The van der Waals surface area contributed by atoms with Crippen LogP contribution in [0.15, 0.2) is 0 Å². The van der Waals surface area contributed by atoms with Gasteiger partial charge in [0.2, 0.25) is 0 Å². The van der Waals surface area contributed by atoms with E-state index in [4.69, 9.17) is 0 Å². The van der Waals surface area contributed by atoms with Gasteiger partial charge in [0.1, 0.15) is 6.29 Å². The minimum Gasteiger partial charge on any atom is -0.338 e. The Labute approximate surface area is 189 Å². The van der Waals surface area contributed by atoms with Crippen molar-refractivity contribution in [1.82, 2.24) is 25.3 Å². The van der Waals surface area contributed by atoms with Crippen LogP contribution in [0.4, 0.5) is 9.59 Å². The molecule has 0 saturated carbocycles. The quantitative estimate of drug-likeness (QED) is 0.303. The van der Waals surface area contributed by atoms with E-state index in [1.54, 1.807) is 4.90 Å². The number of carbonyl (C=O) groups is 3. The van der Waals surface area contributed by atoms with Crippen molar-refractivity contribution in [3.8, 4) is 0 Å². The fraction of sp³-hybridized carbons (Fsp3) is 0.870. The number of carbonyl (C=O) groups excluding carboxylic acids is 3. The highest BCUT2D eigenvalue weighted by Crippen LogP contribution is 2.24. The van der Waals surface area contributed by atoms with Gasteiger partial charge in [-0.2, -0.15) is 0 Å². The summed E-state index contributed by atoms with van der Waals surface area (Å²) in [7, 11) is 2.19. The molecule has 1 saturated heterocycles. The highest BCUT2D eigenvalue weighted by Gasteiger charge is 2.27. The molecule has 180 valence electrons. The molecule has 0 radical (unpaired) electrons. The van der Waals surface area contributed by atoms with Crippen molar-refractivity contribution < 1.29 is 14.4 Å². The molecular formula is C23H45N5O3. The predicted molar refractivity (Wildman–Crippen MR) is 125 cm³/mol. The first-order chi connectivity index (χ1) is 14.9. The van der Waals surface area contributed by atoms with Gasteiger partial charge in [-0.25, -0.2) is 9.59 Å². The van der Waals surface area contributed by atoms with Gasteiger partial charge in [0.15, 0.2) is 0 Å². The molecule has 2 atom stereocenters. The molecule has 0 aromatic rings. The minimum atomic E-state index is -0.102. The van der Waals surface area contributed by atoms with E-state index in [1.165, 1.54) is 12.8 Å². The van der Waals surface area contributed by atoms with E-state index in [0.717, 1.165) is 51.5 Å². The summed E-state index contributed by atoms with van der Waals surface area (Å²) < 4.78 is 0. The molecule has 1 fully saturated rings. The number of hydrogen-bond donors (Lipinski definition) is 2. The largest absolute Gasteiger partial charge is 0.338 e. The molecule has 0 aromatic heterocycles. The van der Waals surface area contributed by atoms with Crippen molar-refractivity contribution in [2.24, 2.45) is 0 Å². The third-order valence-corrected chi connectivity index (χ3v) is 6.43. The van der Waals surface area contributed by atoms with Crippen molar-refractivity contribution >= 4 is 18.3 Å². The fourth-order valence-electron chi connectivity index (χ4n) is 4.09. The third kappa shape index (κ3) is 10.4. The molecule has 4 amide bonds. The van der Waals surface area contributed by atoms with Crippen molar-refractivity contribution in [2.75, 3.05) is 46.3 Å². The molecule has 8 heteroatoms. The molecular weight excluding hydrogens is 394 g/mol. The molecule has 0 aromatic carbocycles. The average molecular weight is 440 g/mol. The van der Waals surface area contributed by atoms with Crippen LogP contribution in [0.2, 0.25) is 0 Å². The number of amides is 4. The molecule has 0 spiro atoms. The van der Waals surface area contributed by atoms with E-state index in [-0.39, 0.29) is 12.1 Å². The summed E-state index contributed by atoms with van der Waals surface area (Å²) >= 11 is 0. The van der Waals surface area contributed by atoms with E-state index in [9.17, 15) is 14.4 Å². The monoisotopic (exact) mass is 439 g/mol. The molecule has 2 unspecified atom stereocenters. The van der Waals surface area contributed by atoms with Gasteiger partial charge < -0.3 is 30.1 Å². The number of urea groups is 2. The van der Waals surface area contributed by atoms with Crippen LogP contribution in [-0.2, 0) is 4.79 Å². The number of nitrogens with one attached hydrogen (secondary N) is 2. The fourth-order valence-corrected chi connectivity index (χ4v) is 4.09. The van der Waals surface area contributed by atoms with Gasteiger partial charge >= 0.3 is 12.1 Å². The smallest absolute Gasteiger partial charge is 0.317 e. The molecule has 2 N–H and O–H groups in total. The van der Waals surface area contributed by atoms with E-state index >= 15 is 0 Å². The second kappa shape index (κ2) is 15.9.